The van der Waals surface area contributed by atoms with E-state index in [9.17, 15) is 0 Å². The van der Waals surface area contributed by atoms with Crippen LogP contribution in [-0.4, -0.2) is 16.3 Å². The van der Waals surface area contributed by atoms with Gasteiger partial charge in [0.1, 0.15) is 0 Å². The molecule has 0 bridgehead atoms. The van der Waals surface area contributed by atoms with E-state index >= 15 is 0 Å². The van der Waals surface area contributed by atoms with Crippen molar-refractivity contribution in [3.8, 4) is 0 Å². The molecule has 0 fully saturated rings. The highest BCUT2D eigenvalue weighted by atomic mass is 15.3. The van der Waals surface area contributed by atoms with Gasteiger partial charge < -0.3 is 5.32 Å². The summed E-state index contributed by atoms with van der Waals surface area (Å²) in [7, 11) is 0. The van der Waals surface area contributed by atoms with Crippen LogP contribution >= 0.6 is 0 Å². The zero-order valence-corrected chi connectivity index (χ0v) is 9.62. The average Bonchev–Trinajstić information content (AvgIpc) is 2.52. The molecule has 0 unspecified atom stereocenters. The zero-order chi connectivity index (χ0) is 10.6. The third kappa shape index (κ3) is 3.40. The molecule has 3 nitrogen and oxygen atoms in total. The first-order valence-corrected chi connectivity index (χ1v) is 5.37. The van der Waals surface area contributed by atoms with Gasteiger partial charge in [0.2, 0.25) is 0 Å². The Kier molecular flexibility index (Phi) is 3.98. The summed E-state index contributed by atoms with van der Waals surface area (Å²) < 4.78 is 1.97. The lowest BCUT2D eigenvalue weighted by atomic mass is 10.1. The number of aromatic nitrogens is 2. The van der Waals surface area contributed by atoms with Crippen LogP contribution in [0.4, 0.5) is 5.69 Å². The average molecular weight is 195 g/mol. The molecular weight excluding hydrogens is 174 g/mol. The first-order valence-electron chi connectivity index (χ1n) is 5.37. The van der Waals surface area contributed by atoms with Gasteiger partial charge in [0.05, 0.1) is 11.9 Å². The van der Waals surface area contributed by atoms with Gasteiger partial charge in [0.25, 0.3) is 0 Å². The van der Waals surface area contributed by atoms with Gasteiger partial charge in [-0.15, -0.1) is 0 Å². The molecule has 1 heterocycles. The maximum absolute atomic E-state index is 4.27. The van der Waals surface area contributed by atoms with Crippen molar-refractivity contribution in [2.75, 3.05) is 11.9 Å². The SMILES string of the molecule is CC(C)CCNc1cnn(C(C)C)c1. The molecule has 0 aromatic carbocycles. The monoisotopic (exact) mass is 195 g/mol. The molecule has 1 aromatic rings. The van der Waals surface area contributed by atoms with Crippen LogP contribution in [0.2, 0.25) is 0 Å². The van der Waals surface area contributed by atoms with Gasteiger partial charge >= 0.3 is 0 Å². The van der Waals surface area contributed by atoms with Crippen molar-refractivity contribution in [3.63, 3.8) is 0 Å². The van der Waals surface area contributed by atoms with Crippen LogP contribution in [0.15, 0.2) is 12.4 Å². The van der Waals surface area contributed by atoms with Crippen molar-refractivity contribution in [1.29, 1.82) is 0 Å². The third-order valence-corrected chi connectivity index (χ3v) is 2.18. The summed E-state index contributed by atoms with van der Waals surface area (Å²) in [6.45, 7) is 9.76. The summed E-state index contributed by atoms with van der Waals surface area (Å²) >= 11 is 0. The summed E-state index contributed by atoms with van der Waals surface area (Å²) in [6, 6.07) is 0.440. The van der Waals surface area contributed by atoms with Crippen molar-refractivity contribution in [3.05, 3.63) is 12.4 Å². The zero-order valence-electron chi connectivity index (χ0n) is 9.62. The summed E-state index contributed by atoms with van der Waals surface area (Å²) in [5.41, 5.74) is 1.12. The Balaban J connectivity index is 2.36. The van der Waals surface area contributed by atoms with Crippen LogP contribution < -0.4 is 5.32 Å². The molecule has 0 spiro atoms. The van der Waals surface area contributed by atoms with Crippen LogP contribution in [0.1, 0.15) is 40.2 Å². The highest BCUT2D eigenvalue weighted by molar-refractivity contribution is 5.37. The first kappa shape index (κ1) is 11.1. The predicted octanol–water partition coefficient (Wildman–Crippen LogP) is 2.92. The molecule has 0 aliphatic heterocycles. The minimum Gasteiger partial charge on any atom is -0.383 e. The summed E-state index contributed by atoms with van der Waals surface area (Å²) in [4.78, 5) is 0. The molecule has 0 atom stereocenters. The molecule has 1 N–H and O–H groups in total. The Morgan fingerprint density at radius 2 is 2.07 bits per heavy atom. The van der Waals surface area contributed by atoms with Crippen LogP contribution in [0.25, 0.3) is 0 Å². The molecule has 0 radical (unpaired) electrons. The van der Waals surface area contributed by atoms with Gasteiger partial charge in [0, 0.05) is 18.8 Å². The number of hydrogen-bond donors (Lipinski definition) is 1. The van der Waals surface area contributed by atoms with Gasteiger partial charge in [-0.1, -0.05) is 13.8 Å². The van der Waals surface area contributed by atoms with Gasteiger partial charge in [-0.3, -0.25) is 4.68 Å². The van der Waals surface area contributed by atoms with E-state index in [1.54, 1.807) is 0 Å². The molecule has 0 aliphatic rings. The van der Waals surface area contributed by atoms with Crippen LogP contribution in [-0.2, 0) is 0 Å². The van der Waals surface area contributed by atoms with E-state index in [-0.39, 0.29) is 0 Å². The molecule has 0 amide bonds. The molecule has 80 valence electrons. The van der Waals surface area contributed by atoms with Crippen molar-refractivity contribution in [2.24, 2.45) is 5.92 Å². The summed E-state index contributed by atoms with van der Waals surface area (Å²) in [5, 5.41) is 7.64. The second-order valence-electron chi connectivity index (χ2n) is 4.41. The fourth-order valence-electron chi connectivity index (χ4n) is 1.22. The second kappa shape index (κ2) is 5.03. The van der Waals surface area contributed by atoms with Crippen molar-refractivity contribution >= 4 is 5.69 Å². The number of rotatable bonds is 5. The van der Waals surface area contributed by atoms with Gasteiger partial charge in [0.15, 0.2) is 0 Å². The van der Waals surface area contributed by atoms with Crippen molar-refractivity contribution in [1.82, 2.24) is 9.78 Å². The topological polar surface area (TPSA) is 29.9 Å². The fraction of sp³-hybridized carbons (Fsp3) is 0.727. The van der Waals surface area contributed by atoms with E-state index < -0.39 is 0 Å². The molecule has 1 rings (SSSR count). The lowest BCUT2D eigenvalue weighted by molar-refractivity contribution is 0.532. The Morgan fingerprint density at radius 3 is 2.57 bits per heavy atom. The van der Waals surface area contributed by atoms with Crippen molar-refractivity contribution < 1.29 is 0 Å². The largest absolute Gasteiger partial charge is 0.383 e. The molecule has 0 aliphatic carbocycles. The Morgan fingerprint density at radius 1 is 1.36 bits per heavy atom. The van der Waals surface area contributed by atoms with E-state index in [1.165, 1.54) is 6.42 Å². The predicted molar refractivity (Wildman–Crippen MR) is 60.6 cm³/mol. The minimum absolute atomic E-state index is 0.440. The maximum atomic E-state index is 4.27. The van der Waals surface area contributed by atoms with Gasteiger partial charge in [-0.2, -0.15) is 5.10 Å². The minimum atomic E-state index is 0.440. The number of anilines is 1. The van der Waals surface area contributed by atoms with Crippen molar-refractivity contribution in [2.45, 2.75) is 40.2 Å². The van der Waals surface area contributed by atoms with E-state index in [2.05, 4.69) is 44.3 Å². The Bertz CT molecular complexity index is 263. The maximum Gasteiger partial charge on any atom is 0.0726 e. The fourth-order valence-corrected chi connectivity index (χ4v) is 1.22. The van der Waals surface area contributed by atoms with E-state index in [0.717, 1.165) is 18.2 Å². The molecule has 14 heavy (non-hydrogen) atoms. The van der Waals surface area contributed by atoms with Gasteiger partial charge in [-0.05, 0) is 26.2 Å². The molecule has 1 aromatic heterocycles. The highest BCUT2D eigenvalue weighted by Crippen LogP contribution is 2.10. The quantitative estimate of drug-likeness (QED) is 0.783. The normalized spacial score (nSPS) is 11.3. The van der Waals surface area contributed by atoms with Crippen LogP contribution in [0.3, 0.4) is 0 Å². The summed E-state index contributed by atoms with van der Waals surface area (Å²) in [6.07, 6.45) is 5.15. The first-order chi connectivity index (χ1) is 6.59. The molecule has 0 saturated heterocycles. The van der Waals surface area contributed by atoms with E-state index in [1.807, 2.05) is 10.9 Å². The van der Waals surface area contributed by atoms with Gasteiger partial charge in [-0.25, -0.2) is 0 Å². The smallest absolute Gasteiger partial charge is 0.0726 e. The molecule has 3 heteroatoms. The lowest BCUT2D eigenvalue weighted by Crippen LogP contribution is -2.04. The second-order valence-corrected chi connectivity index (χ2v) is 4.41. The Labute approximate surface area is 86.5 Å². The van der Waals surface area contributed by atoms with E-state index in [4.69, 9.17) is 0 Å². The standard InChI is InChI=1S/C11H21N3/c1-9(2)5-6-12-11-7-13-14(8-11)10(3)4/h7-10,12H,5-6H2,1-4H3. The highest BCUT2D eigenvalue weighted by Gasteiger charge is 2.00. The third-order valence-electron chi connectivity index (χ3n) is 2.18. The lowest BCUT2D eigenvalue weighted by Gasteiger charge is -2.06. The van der Waals surface area contributed by atoms with Crippen LogP contribution in [0, 0.1) is 5.92 Å². The number of nitrogens with one attached hydrogen (secondary N) is 1. The molecular formula is C11H21N3. The Hall–Kier alpha value is -0.990. The van der Waals surface area contributed by atoms with E-state index in [0.29, 0.717) is 6.04 Å². The number of nitrogens with zero attached hydrogens (tertiary/aromatic N) is 2. The molecule has 0 saturated carbocycles. The summed E-state index contributed by atoms with van der Waals surface area (Å²) in [5.74, 6) is 0.752. The van der Waals surface area contributed by atoms with Crippen LogP contribution in [0.5, 0.6) is 0 Å². The number of hydrogen-bond acceptors (Lipinski definition) is 2.